The lowest BCUT2D eigenvalue weighted by atomic mass is 9.85. The normalized spacial score (nSPS) is 29.0. The molecule has 0 saturated heterocycles. The number of hydrogen-bond acceptors (Lipinski definition) is 3. The maximum atomic E-state index is 12.7. The van der Waals surface area contributed by atoms with Gasteiger partial charge in [0.25, 0.3) is 0 Å². The van der Waals surface area contributed by atoms with Gasteiger partial charge in [0.2, 0.25) is 5.91 Å². The summed E-state index contributed by atoms with van der Waals surface area (Å²) in [5, 5.41) is 0. The molecule has 2 aliphatic carbocycles. The van der Waals surface area contributed by atoms with E-state index in [1.165, 1.54) is 12.8 Å². The molecule has 1 amide bonds. The van der Waals surface area contributed by atoms with Crippen LogP contribution >= 0.6 is 0 Å². The molecule has 2 fully saturated rings. The summed E-state index contributed by atoms with van der Waals surface area (Å²) in [6, 6.07) is 0.676. The number of carbonyl (C=O) groups excluding carboxylic acids is 1. The maximum absolute atomic E-state index is 12.7. The number of carbonyl (C=O) groups is 1. The molecule has 0 radical (unpaired) electrons. The molecule has 0 aromatic heterocycles. The lowest BCUT2D eigenvalue weighted by Gasteiger charge is -2.35. The zero-order valence-corrected chi connectivity index (χ0v) is 12.3. The van der Waals surface area contributed by atoms with Crippen LogP contribution in [-0.2, 0) is 9.53 Å². The van der Waals surface area contributed by atoms with Crippen LogP contribution in [-0.4, -0.2) is 43.2 Å². The third-order valence-electron chi connectivity index (χ3n) is 4.74. The summed E-state index contributed by atoms with van der Waals surface area (Å²) in [5.41, 5.74) is 5.93. The average Bonchev–Trinajstić information content (AvgIpc) is 3.23. The predicted octanol–water partition coefficient (Wildman–Crippen LogP) is 1.78. The first-order valence-corrected chi connectivity index (χ1v) is 7.68. The number of ether oxygens (including phenoxy) is 1. The summed E-state index contributed by atoms with van der Waals surface area (Å²) in [4.78, 5) is 14.8. The highest BCUT2D eigenvalue weighted by Gasteiger charge is 2.37. The maximum Gasteiger partial charge on any atom is 0.226 e. The molecule has 1 atom stereocenters. The molecule has 0 aromatic carbocycles. The van der Waals surface area contributed by atoms with Gasteiger partial charge < -0.3 is 15.4 Å². The van der Waals surface area contributed by atoms with E-state index in [2.05, 4.69) is 11.8 Å². The highest BCUT2D eigenvalue weighted by molar-refractivity contribution is 5.79. The molecule has 0 spiro atoms. The summed E-state index contributed by atoms with van der Waals surface area (Å²) < 4.78 is 5.16. The largest absolute Gasteiger partial charge is 0.383 e. The van der Waals surface area contributed by atoms with Gasteiger partial charge in [0, 0.05) is 31.7 Å². The predicted molar refractivity (Wildman–Crippen MR) is 75.7 cm³/mol. The molecule has 110 valence electrons. The van der Waals surface area contributed by atoms with Crippen molar-refractivity contribution in [1.29, 1.82) is 0 Å². The molecule has 0 heterocycles. The van der Waals surface area contributed by atoms with Gasteiger partial charge in [0.1, 0.15) is 0 Å². The SMILES string of the molecule is COCCN(C(=O)C1CCC(N)CC1)C(C)C1CC1. The second-order valence-corrected chi connectivity index (χ2v) is 6.21. The molecule has 0 aromatic rings. The molecular formula is C15H28N2O2. The second kappa shape index (κ2) is 6.71. The first kappa shape index (κ1) is 14.8. The molecule has 0 bridgehead atoms. The Morgan fingerprint density at radius 1 is 1.26 bits per heavy atom. The van der Waals surface area contributed by atoms with Gasteiger partial charge in [0.15, 0.2) is 0 Å². The summed E-state index contributed by atoms with van der Waals surface area (Å²) in [6.07, 6.45) is 6.45. The van der Waals surface area contributed by atoms with E-state index in [0.717, 1.165) is 32.2 Å². The molecule has 4 nitrogen and oxygen atoms in total. The smallest absolute Gasteiger partial charge is 0.226 e. The Labute approximate surface area is 116 Å². The van der Waals surface area contributed by atoms with Gasteiger partial charge in [-0.2, -0.15) is 0 Å². The highest BCUT2D eigenvalue weighted by atomic mass is 16.5. The first-order chi connectivity index (χ1) is 9.13. The fraction of sp³-hybridized carbons (Fsp3) is 0.933. The van der Waals surface area contributed by atoms with Crippen molar-refractivity contribution in [2.24, 2.45) is 17.6 Å². The van der Waals surface area contributed by atoms with Crippen LogP contribution in [0.1, 0.15) is 45.4 Å². The molecule has 2 rings (SSSR count). The fourth-order valence-electron chi connectivity index (χ4n) is 3.14. The summed E-state index contributed by atoms with van der Waals surface area (Å²) in [6.45, 7) is 3.56. The van der Waals surface area contributed by atoms with Crippen molar-refractivity contribution < 1.29 is 9.53 Å². The van der Waals surface area contributed by atoms with Gasteiger partial charge in [-0.25, -0.2) is 0 Å². The Kier molecular flexibility index (Phi) is 5.22. The van der Waals surface area contributed by atoms with E-state index >= 15 is 0 Å². The Morgan fingerprint density at radius 3 is 2.42 bits per heavy atom. The lowest BCUT2D eigenvalue weighted by molar-refractivity contribution is -0.140. The van der Waals surface area contributed by atoms with Crippen molar-refractivity contribution in [3.05, 3.63) is 0 Å². The van der Waals surface area contributed by atoms with Crippen LogP contribution in [0.5, 0.6) is 0 Å². The van der Waals surface area contributed by atoms with Crippen molar-refractivity contribution in [2.45, 2.75) is 57.5 Å². The highest BCUT2D eigenvalue weighted by Crippen LogP contribution is 2.36. The van der Waals surface area contributed by atoms with Gasteiger partial charge in [-0.05, 0) is 51.4 Å². The lowest BCUT2D eigenvalue weighted by Crippen LogP contribution is -2.46. The van der Waals surface area contributed by atoms with Gasteiger partial charge in [-0.15, -0.1) is 0 Å². The Morgan fingerprint density at radius 2 is 1.89 bits per heavy atom. The zero-order valence-electron chi connectivity index (χ0n) is 12.3. The molecule has 2 aliphatic rings. The van der Waals surface area contributed by atoms with Crippen molar-refractivity contribution in [1.82, 2.24) is 4.90 Å². The minimum atomic E-state index is 0.192. The molecule has 0 aliphatic heterocycles. The van der Waals surface area contributed by atoms with Gasteiger partial charge >= 0.3 is 0 Å². The molecular weight excluding hydrogens is 240 g/mol. The van der Waals surface area contributed by atoms with Crippen molar-refractivity contribution in [2.75, 3.05) is 20.3 Å². The Balaban J connectivity index is 1.93. The molecule has 2 saturated carbocycles. The minimum Gasteiger partial charge on any atom is -0.383 e. The van der Waals surface area contributed by atoms with E-state index in [4.69, 9.17) is 10.5 Å². The first-order valence-electron chi connectivity index (χ1n) is 7.68. The van der Waals surface area contributed by atoms with E-state index in [1.807, 2.05) is 0 Å². The third-order valence-corrected chi connectivity index (χ3v) is 4.74. The van der Waals surface area contributed by atoms with E-state index < -0.39 is 0 Å². The molecule has 1 unspecified atom stereocenters. The summed E-state index contributed by atoms with van der Waals surface area (Å²) >= 11 is 0. The van der Waals surface area contributed by atoms with E-state index in [0.29, 0.717) is 30.5 Å². The van der Waals surface area contributed by atoms with E-state index in [9.17, 15) is 4.79 Å². The quantitative estimate of drug-likeness (QED) is 0.799. The zero-order chi connectivity index (χ0) is 13.8. The topological polar surface area (TPSA) is 55.6 Å². The van der Waals surface area contributed by atoms with Crippen molar-refractivity contribution >= 4 is 5.91 Å². The van der Waals surface area contributed by atoms with Gasteiger partial charge in [-0.1, -0.05) is 0 Å². The van der Waals surface area contributed by atoms with Crippen LogP contribution in [0.25, 0.3) is 0 Å². The second-order valence-electron chi connectivity index (χ2n) is 6.21. The standard InChI is InChI=1S/C15H28N2O2/c1-11(12-3-4-12)17(9-10-19-2)15(18)13-5-7-14(16)8-6-13/h11-14H,3-10,16H2,1-2H3. The molecule has 2 N–H and O–H groups in total. The Bertz CT molecular complexity index is 297. The number of nitrogens with zero attached hydrogens (tertiary/aromatic N) is 1. The fourth-order valence-corrected chi connectivity index (χ4v) is 3.14. The van der Waals surface area contributed by atoms with Crippen molar-refractivity contribution in [3.63, 3.8) is 0 Å². The van der Waals surface area contributed by atoms with Crippen LogP contribution in [0, 0.1) is 11.8 Å². The van der Waals surface area contributed by atoms with Crippen LogP contribution in [0.3, 0.4) is 0 Å². The van der Waals surface area contributed by atoms with Crippen molar-refractivity contribution in [3.8, 4) is 0 Å². The number of hydrogen-bond donors (Lipinski definition) is 1. The number of methoxy groups -OCH3 is 1. The molecule has 19 heavy (non-hydrogen) atoms. The van der Waals surface area contributed by atoms with E-state index in [1.54, 1.807) is 7.11 Å². The van der Waals surface area contributed by atoms with Crippen LogP contribution in [0.15, 0.2) is 0 Å². The number of nitrogens with two attached hydrogens (primary N) is 1. The average molecular weight is 268 g/mol. The monoisotopic (exact) mass is 268 g/mol. The van der Waals surface area contributed by atoms with E-state index in [-0.39, 0.29) is 5.92 Å². The number of rotatable bonds is 6. The summed E-state index contributed by atoms with van der Waals surface area (Å²) in [5.74, 6) is 1.24. The van der Waals surface area contributed by atoms with Crippen LogP contribution in [0.2, 0.25) is 0 Å². The summed E-state index contributed by atoms with van der Waals surface area (Å²) in [7, 11) is 1.70. The Hall–Kier alpha value is -0.610. The number of amides is 1. The van der Waals surface area contributed by atoms with Gasteiger partial charge in [0.05, 0.1) is 6.61 Å². The third kappa shape index (κ3) is 3.93. The van der Waals surface area contributed by atoms with Crippen LogP contribution < -0.4 is 5.73 Å². The molecule has 4 heteroatoms. The minimum absolute atomic E-state index is 0.192. The van der Waals surface area contributed by atoms with Crippen LogP contribution in [0.4, 0.5) is 0 Å². The van der Waals surface area contributed by atoms with Gasteiger partial charge in [-0.3, -0.25) is 4.79 Å².